The van der Waals surface area contributed by atoms with Crippen LogP contribution in [0.3, 0.4) is 0 Å². The fourth-order valence-electron chi connectivity index (χ4n) is 5.07. The summed E-state index contributed by atoms with van der Waals surface area (Å²) in [5.41, 5.74) is 5.07. The van der Waals surface area contributed by atoms with Gasteiger partial charge in [-0.25, -0.2) is 0 Å². The molecule has 6 rings (SSSR count). The van der Waals surface area contributed by atoms with Gasteiger partial charge in [0, 0.05) is 58.7 Å². The SMILES string of the molecule is CC(=O)c1ccc(C(=O)N2CCc3c(cc(-c4cccc5ccsc45)c(=O)n3CC3CC3)C2)cc1. The number of carbonyl (C=O) groups excluding carboxylic acids is 2. The van der Waals surface area contributed by atoms with Crippen molar-refractivity contribution in [1.82, 2.24) is 9.47 Å². The summed E-state index contributed by atoms with van der Waals surface area (Å²) in [6, 6.07) is 17.1. The van der Waals surface area contributed by atoms with Gasteiger partial charge in [0.2, 0.25) is 0 Å². The smallest absolute Gasteiger partial charge is 0.258 e. The van der Waals surface area contributed by atoms with Crippen LogP contribution in [0.4, 0.5) is 0 Å². The highest BCUT2D eigenvalue weighted by Gasteiger charge is 2.29. The Morgan fingerprint density at radius 3 is 2.51 bits per heavy atom. The first kappa shape index (κ1) is 22.0. The van der Waals surface area contributed by atoms with Crippen molar-refractivity contribution in [2.45, 2.75) is 39.3 Å². The summed E-state index contributed by atoms with van der Waals surface area (Å²) in [7, 11) is 0. The van der Waals surface area contributed by atoms with Crippen LogP contribution in [0.5, 0.6) is 0 Å². The molecule has 1 aliphatic heterocycles. The molecule has 1 saturated carbocycles. The molecule has 0 N–H and O–H groups in total. The van der Waals surface area contributed by atoms with Crippen LogP contribution in [0.15, 0.2) is 64.8 Å². The average Bonchev–Trinajstić information content (AvgIpc) is 3.57. The van der Waals surface area contributed by atoms with Crippen molar-refractivity contribution in [3.63, 3.8) is 0 Å². The second-order valence-corrected chi connectivity index (χ2v) is 10.6. The predicted molar refractivity (Wildman–Crippen MR) is 139 cm³/mol. The monoisotopic (exact) mass is 482 g/mol. The highest BCUT2D eigenvalue weighted by molar-refractivity contribution is 7.17. The third-order valence-corrected chi connectivity index (χ3v) is 8.17. The highest BCUT2D eigenvalue weighted by Crippen LogP contribution is 2.35. The highest BCUT2D eigenvalue weighted by atomic mass is 32.1. The van der Waals surface area contributed by atoms with Crippen molar-refractivity contribution < 1.29 is 9.59 Å². The molecule has 5 nitrogen and oxygen atoms in total. The van der Waals surface area contributed by atoms with Crippen LogP contribution in [0.25, 0.3) is 21.2 Å². The number of thiophene rings is 1. The molecule has 0 unspecified atom stereocenters. The molecule has 0 spiro atoms. The largest absolute Gasteiger partial charge is 0.334 e. The van der Waals surface area contributed by atoms with E-state index in [1.807, 2.05) is 27.7 Å². The van der Waals surface area contributed by atoms with E-state index in [0.717, 1.165) is 39.0 Å². The van der Waals surface area contributed by atoms with E-state index in [1.54, 1.807) is 35.6 Å². The van der Waals surface area contributed by atoms with Crippen LogP contribution in [0.2, 0.25) is 0 Å². The second-order valence-electron chi connectivity index (χ2n) is 9.64. The summed E-state index contributed by atoms with van der Waals surface area (Å²) in [5, 5.41) is 3.21. The summed E-state index contributed by atoms with van der Waals surface area (Å²) in [6.45, 7) is 3.33. The standard InChI is InChI=1S/C29H26N2O3S/c1-18(32)20-7-9-22(10-8-20)28(33)30-13-11-26-23(17-30)15-25(29(34)31(26)16-19-5-6-19)24-4-2-3-21-12-14-35-27(21)24/h2-4,7-10,12,14-15,19H,5-6,11,13,16-17H2,1H3. The van der Waals surface area contributed by atoms with Gasteiger partial charge in [-0.05, 0) is 66.3 Å². The van der Waals surface area contributed by atoms with Crippen LogP contribution in [0, 0.1) is 5.92 Å². The number of hydrogen-bond donors (Lipinski definition) is 0. The Morgan fingerprint density at radius 2 is 1.77 bits per heavy atom. The molecule has 3 heterocycles. The lowest BCUT2D eigenvalue weighted by atomic mass is 9.97. The van der Waals surface area contributed by atoms with Crippen LogP contribution < -0.4 is 5.56 Å². The maximum absolute atomic E-state index is 13.8. The number of carbonyl (C=O) groups is 2. The van der Waals surface area contributed by atoms with Crippen molar-refractivity contribution in [3.8, 4) is 11.1 Å². The molecule has 1 fully saturated rings. The fraction of sp³-hybridized carbons (Fsp3) is 0.276. The topological polar surface area (TPSA) is 59.4 Å². The minimum atomic E-state index is -0.0485. The summed E-state index contributed by atoms with van der Waals surface area (Å²) in [6.07, 6.45) is 3.01. The van der Waals surface area contributed by atoms with E-state index in [4.69, 9.17) is 0 Å². The minimum absolute atomic E-state index is 0.0159. The Balaban J connectivity index is 1.40. The molecule has 2 aliphatic rings. The molecule has 0 saturated heterocycles. The average molecular weight is 483 g/mol. The van der Waals surface area contributed by atoms with Crippen molar-refractivity contribution in [2.24, 2.45) is 5.92 Å². The quantitative estimate of drug-likeness (QED) is 0.351. The summed E-state index contributed by atoms with van der Waals surface area (Å²) in [5.74, 6) is 0.509. The van der Waals surface area contributed by atoms with E-state index in [-0.39, 0.29) is 17.2 Å². The van der Waals surface area contributed by atoms with Crippen LogP contribution in [-0.2, 0) is 19.5 Å². The van der Waals surface area contributed by atoms with Crippen molar-refractivity contribution in [1.29, 1.82) is 0 Å². The zero-order valence-corrected chi connectivity index (χ0v) is 20.4. The minimum Gasteiger partial charge on any atom is -0.334 e. The van der Waals surface area contributed by atoms with Gasteiger partial charge in [0.25, 0.3) is 11.5 Å². The van der Waals surface area contributed by atoms with E-state index >= 15 is 0 Å². The molecule has 0 bridgehead atoms. The van der Waals surface area contributed by atoms with Gasteiger partial charge in [0.15, 0.2) is 5.78 Å². The molecule has 6 heteroatoms. The summed E-state index contributed by atoms with van der Waals surface area (Å²) < 4.78 is 3.12. The van der Waals surface area contributed by atoms with Gasteiger partial charge in [0.1, 0.15) is 0 Å². The number of pyridine rings is 1. The maximum Gasteiger partial charge on any atom is 0.258 e. The van der Waals surface area contributed by atoms with Gasteiger partial charge in [-0.15, -0.1) is 11.3 Å². The third kappa shape index (κ3) is 4.02. The Hall–Kier alpha value is -3.51. The first-order valence-corrected chi connectivity index (χ1v) is 13.0. The van der Waals surface area contributed by atoms with Gasteiger partial charge in [-0.1, -0.05) is 30.3 Å². The van der Waals surface area contributed by atoms with Crippen molar-refractivity contribution >= 4 is 33.1 Å². The molecular formula is C29H26N2O3S. The fourth-order valence-corrected chi connectivity index (χ4v) is 6.00. The Morgan fingerprint density at radius 1 is 1.00 bits per heavy atom. The number of hydrogen-bond acceptors (Lipinski definition) is 4. The predicted octanol–water partition coefficient (Wildman–Crippen LogP) is 5.54. The number of nitrogens with zero attached hydrogens (tertiary/aromatic N) is 2. The van der Waals surface area contributed by atoms with Crippen molar-refractivity contribution in [2.75, 3.05) is 6.54 Å². The van der Waals surface area contributed by atoms with E-state index in [9.17, 15) is 14.4 Å². The zero-order chi connectivity index (χ0) is 24.1. The van der Waals surface area contributed by atoms with Gasteiger partial charge in [-0.2, -0.15) is 0 Å². The molecule has 1 aliphatic carbocycles. The molecule has 2 aromatic heterocycles. The van der Waals surface area contributed by atoms with Crippen LogP contribution in [0.1, 0.15) is 51.7 Å². The van der Waals surface area contributed by atoms with Gasteiger partial charge in [-0.3, -0.25) is 14.4 Å². The Labute approximate surface area is 207 Å². The van der Waals surface area contributed by atoms with E-state index in [1.165, 1.54) is 19.8 Å². The molecule has 176 valence electrons. The normalized spacial score (nSPS) is 15.3. The molecule has 0 atom stereocenters. The van der Waals surface area contributed by atoms with Gasteiger partial charge in [0.05, 0.1) is 0 Å². The lowest BCUT2D eigenvalue weighted by Crippen LogP contribution is -2.39. The third-order valence-electron chi connectivity index (χ3n) is 7.20. The first-order chi connectivity index (χ1) is 17.0. The van der Waals surface area contributed by atoms with Crippen LogP contribution in [-0.4, -0.2) is 27.7 Å². The van der Waals surface area contributed by atoms with Gasteiger partial charge >= 0.3 is 0 Å². The number of benzene rings is 2. The molecular weight excluding hydrogens is 456 g/mol. The number of fused-ring (bicyclic) bond motifs is 2. The van der Waals surface area contributed by atoms with E-state index in [0.29, 0.717) is 36.6 Å². The molecule has 35 heavy (non-hydrogen) atoms. The van der Waals surface area contributed by atoms with E-state index < -0.39 is 0 Å². The number of rotatable bonds is 5. The summed E-state index contributed by atoms with van der Waals surface area (Å²) >= 11 is 1.66. The number of Topliss-reactive ketones (excluding diaryl/α,β-unsaturated/α-hetero) is 1. The lowest BCUT2D eigenvalue weighted by molar-refractivity contribution is 0.0731. The maximum atomic E-state index is 13.8. The molecule has 0 radical (unpaired) electrons. The van der Waals surface area contributed by atoms with Gasteiger partial charge < -0.3 is 9.47 Å². The number of amides is 1. The first-order valence-electron chi connectivity index (χ1n) is 12.1. The van der Waals surface area contributed by atoms with E-state index in [2.05, 4.69) is 17.5 Å². The zero-order valence-electron chi connectivity index (χ0n) is 19.6. The summed E-state index contributed by atoms with van der Waals surface area (Å²) in [4.78, 5) is 40.5. The molecule has 4 aromatic rings. The number of aromatic nitrogens is 1. The number of ketones is 1. The second kappa shape index (κ2) is 8.61. The van der Waals surface area contributed by atoms with Crippen LogP contribution >= 0.6 is 11.3 Å². The molecule has 1 amide bonds. The molecule has 2 aromatic carbocycles. The Bertz CT molecular complexity index is 1530. The Kier molecular flexibility index (Phi) is 5.41. The lowest BCUT2D eigenvalue weighted by Gasteiger charge is -2.31. The van der Waals surface area contributed by atoms with Crippen molar-refractivity contribution in [3.05, 3.63) is 92.7 Å².